The Balaban J connectivity index is 2.23. The predicted molar refractivity (Wildman–Crippen MR) is 101 cm³/mol. The molecule has 0 saturated heterocycles. The molecule has 0 bridgehead atoms. The Labute approximate surface area is 156 Å². The van der Waals surface area contributed by atoms with Crippen molar-refractivity contribution in [3.8, 4) is 6.01 Å². The van der Waals surface area contributed by atoms with Crippen molar-refractivity contribution in [3.63, 3.8) is 0 Å². The van der Waals surface area contributed by atoms with Crippen molar-refractivity contribution in [3.05, 3.63) is 30.3 Å². The van der Waals surface area contributed by atoms with Gasteiger partial charge < -0.3 is 15.0 Å². The Bertz CT molecular complexity index is 770. The Hall–Kier alpha value is -2.68. The lowest BCUT2D eigenvalue weighted by atomic mass is 10.2. The normalized spacial score (nSPS) is 11.5. The molecule has 0 saturated carbocycles. The van der Waals surface area contributed by atoms with Crippen molar-refractivity contribution in [2.45, 2.75) is 24.3 Å². The van der Waals surface area contributed by atoms with Gasteiger partial charge in [0, 0.05) is 19.8 Å². The van der Waals surface area contributed by atoms with Gasteiger partial charge in [-0.15, -0.1) is 0 Å². The molecule has 138 valence electrons. The molecule has 0 fully saturated rings. The maximum Gasteiger partial charge on any atom is 0.322 e. The third-order valence-electron chi connectivity index (χ3n) is 3.13. The number of nitrogens with one attached hydrogen (secondary N) is 1. The van der Waals surface area contributed by atoms with Gasteiger partial charge in [0.1, 0.15) is 5.25 Å². The average molecular weight is 375 g/mol. The van der Waals surface area contributed by atoms with E-state index in [4.69, 9.17) is 4.74 Å². The van der Waals surface area contributed by atoms with E-state index in [1.165, 1.54) is 6.92 Å². The first-order valence-electron chi connectivity index (χ1n) is 8.00. The van der Waals surface area contributed by atoms with Gasteiger partial charge >= 0.3 is 6.01 Å². The number of hydrogen-bond acceptors (Lipinski definition) is 8. The Kier molecular flexibility index (Phi) is 6.90. The highest BCUT2D eigenvalue weighted by Gasteiger charge is 2.27. The van der Waals surface area contributed by atoms with Gasteiger partial charge in [0.15, 0.2) is 10.9 Å². The van der Waals surface area contributed by atoms with E-state index in [1.54, 1.807) is 43.3 Å². The number of benzene rings is 1. The molecule has 0 aliphatic rings. The molecule has 2 aromatic rings. The number of rotatable bonds is 8. The van der Waals surface area contributed by atoms with E-state index in [-0.39, 0.29) is 17.0 Å². The van der Waals surface area contributed by atoms with E-state index in [0.717, 1.165) is 11.8 Å². The highest BCUT2D eigenvalue weighted by atomic mass is 32.2. The fourth-order valence-corrected chi connectivity index (χ4v) is 2.74. The predicted octanol–water partition coefficient (Wildman–Crippen LogP) is 2.02. The standard InChI is InChI=1S/C17H21N5O3S/c1-5-25-16-19-15(22(3)4)20-17(21-16)26-13(11(2)23)14(24)18-12-9-7-6-8-10-12/h6-10,13H,5H2,1-4H3,(H,18,24). The Morgan fingerprint density at radius 1 is 1.19 bits per heavy atom. The molecule has 9 heteroatoms. The summed E-state index contributed by atoms with van der Waals surface area (Å²) in [5.74, 6) is -0.344. The maximum absolute atomic E-state index is 12.5. The molecule has 1 heterocycles. The number of hydrogen-bond donors (Lipinski definition) is 1. The molecule has 0 aliphatic carbocycles. The monoisotopic (exact) mass is 375 g/mol. The fraction of sp³-hybridized carbons (Fsp3) is 0.353. The molecule has 2 rings (SSSR count). The first-order valence-corrected chi connectivity index (χ1v) is 8.88. The Morgan fingerprint density at radius 3 is 2.46 bits per heavy atom. The van der Waals surface area contributed by atoms with Gasteiger partial charge in [0.25, 0.3) is 0 Å². The zero-order valence-electron chi connectivity index (χ0n) is 15.1. The van der Waals surface area contributed by atoms with E-state index >= 15 is 0 Å². The molecule has 1 aromatic heterocycles. The first kappa shape index (κ1) is 19.6. The summed E-state index contributed by atoms with van der Waals surface area (Å²) in [7, 11) is 3.56. The number of nitrogens with zero attached hydrogens (tertiary/aromatic N) is 4. The number of amides is 1. The van der Waals surface area contributed by atoms with Gasteiger partial charge in [-0.2, -0.15) is 15.0 Å². The second-order valence-electron chi connectivity index (χ2n) is 5.49. The van der Waals surface area contributed by atoms with Crippen LogP contribution in [0.1, 0.15) is 13.8 Å². The summed E-state index contributed by atoms with van der Waals surface area (Å²) in [6.45, 7) is 3.57. The van der Waals surface area contributed by atoms with E-state index in [0.29, 0.717) is 18.2 Å². The topological polar surface area (TPSA) is 97.3 Å². The lowest BCUT2D eigenvalue weighted by Crippen LogP contribution is -2.31. The number of anilines is 2. The van der Waals surface area contributed by atoms with Gasteiger partial charge in [0.05, 0.1) is 6.61 Å². The maximum atomic E-state index is 12.5. The molecule has 1 amide bonds. The molecule has 0 radical (unpaired) electrons. The van der Waals surface area contributed by atoms with Gasteiger partial charge in [-0.25, -0.2) is 0 Å². The van der Waals surface area contributed by atoms with Crippen LogP contribution in [0.3, 0.4) is 0 Å². The van der Waals surface area contributed by atoms with Gasteiger partial charge in [-0.3, -0.25) is 9.59 Å². The third kappa shape index (κ3) is 5.41. The van der Waals surface area contributed by atoms with Crippen molar-refractivity contribution in [2.24, 2.45) is 0 Å². The number of Topliss-reactive ketones (excluding diaryl/α,β-unsaturated/α-hetero) is 1. The zero-order valence-corrected chi connectivity index (χ0v) is 15.9. The third-order valence-corrected chi connectivity index (χ3v) is 4.30. The number of ketones is 1. The van der Waals surface area contributed by atoms with Crippen LogP contribution in [-0.2, 0) is 9.59 Å². The quantitative estimate of drug-likeness (QED) is 0.553. The summed E-state index contributed by atoms with van der Waals surface area (Å²) in [6.07, 6.45) is 0. The van der Waals surface area contributed by atoms with Gasteiger partial charge in [-0.05, 0) is 26.0 Å². The van der Waals surface area contributed by atoms with Crippen LogP contribution in [0, 0.1) is 0 Å². The van der Waals surface area contributed by atoms with Crippen LogP contribution < -0.4 is 15.0 Å². The molecule has 1 N–H and O–H groups in total. The number of thioether (sulfide) groups is 1. The largest absolute Gasteiger partial charge is 0.464 e. The molecule has 26 heavy (non-hydrogen) atoms. The SMILES string of the molecule is CCOc1nc(SC(C(C)=O)C(=O)Nc2ccccc2)nc(N(C)C)n1. The fourth-order valence-electron chi connectivity index (χ4n) is 1.93. The molecule has 1 unspecified atom stereocenters. The number of carbonyl (C=O) groups excluding carboxylic acids is 2. The van der Waals surface area contributed by atoms with Crippen molar-refractivity contribution >= 4 is 35.1 Å². The van der Waals surface area contributed by atoms with Gasteiger partial charge in [0.2, 0.25) is 11.9 Å². The number of para-hydroxylation sites is 1. The highest BCUT2D eigenvalue weighted by Crippen LogP contribution is 2.25. The molecular formula is C17H21N5O3S. The number of aromatic nitrogens is 3. The van der Waals surface area contributed by atoms with E-state index < -0.39 is 11.2 Å². The highest BCUT2D eigenvalue weighted by molar-refractivity contribution is 8.01. The second kappa shape index (κ2) is 9.14. The van der Waals surface area contributed by atoms with Crippen molar-refractivity contribution in [2.75, 3.05) is 30.9 Å². The van der Waals surface area contributed by atoms with Crippen LogP contribution in [0.2, 0.25) is 0 Å². The van der Waals surface area contributed by atoms with Crippen LogP contribution in [0.5, 0.6) is 6.01 Å². The summed E-state index contributed by atoms with van der Waals surface area (Å²) in [5, 5.41) is 1.99. The minimum atomic E-state index is -0.984. The molecule has 8 nitrogen and oxygen atoms in total. The summed E-state index contributed by atoms with van der Waals surface area (Å²) >= 11 is 0.965. The molecule has 0 aliphatic heterocycles. The minimum Gasteiger partial charge on any atom is -0.464 e. The zero-order chi connectivity index (χ0) is 19.1. The minimum absolute atomic E-state index is 0.152. The van der Waals surface area contributed by atoms with Crippen molar-refractivity contribution < 1.29 is 14.3 Å². The van der Waals surface area contributed by atoms with Crippen molar-refractivity contribution in [1.82, 2.24) is 15.0 Å². The lowest BCUT2D eigenvalue weighted by Gasteiger charge is -2.15. The first-order chi connectivity index (χ1) is 12.4. The van der Waals surface area contributed by atoms with Crippen LogP contribution in [0.15, 0.2) is 35.5 Å². The number of carbonyl (C=O) groups is 2. The van der Waals surface area contributed by atoms with Crippen molar-refractivity contribution in [1.29, 1.82) is 0 Å². The molecule has 1 aromatic carbocycles. The number of ether oxygens (including phenoxy) is 1. The van der Waals surface area contributed by atoms with E-state index in [2.05, 4.69) is 20.3 Å². The Morgan fingerprint density at radius 2 is 1.88 bits per heavy atom. The van der Waals surface area contributed by atoms with Crippen LogP contribution >= 0.6 is 11.8 Å². The van der Waals surface area contributed by atoms with Crippen LogP contribution in [-0.4, -0.2) is 52.6 Å². The van der Waals surface area contributed by atoms with Crippen LogP contribution in [0.25, 0.3) is 0 Å². The summed E-state index contributed by atoms with van der Waals surface area (Å²) in [4.78, 5) is 38.9. The molecular weight excluding hydrogens is 354 g/mol. The molecule has 1 atom stereocenters. The van der Waals surface area contributed by atoms with E-state index in [9.17, 15) is 9.59 Å². The van der Waals surface area contributed by atoms with E-state index in [1.807, 2.05) is 13.0 Å². The van der Waals surface area contributed by atoms with Crippen LogP contribution in [0.4, 0.5) is 11.6 Å². The molecule has 0 spiro atoms. The second-order valence-corrected chi connectivity index (χ2v) is 6.56. The summed E-state index contributed by atoms with van der Waals surface area (Å²) < 4.78 is 5.35. The lowest BCUT2D eigenvalue weighted by molar-refractivity contribution is -0.123. The summed E-state index contributed by atoms with van der Waals surface area (Å²) in [5.41, 5.74) is 0.615. The summed E-state index contributed by atoms with van der Waals surface area (Å²) in [6, 6.07) is 9.10. The smallest absolute Gasteiger partial charge is 0.322 e. The average Bonchev–Trinajstić information content (AvgIpc) is 2.60. The van der Waals surface area contributed by atoms with Gasteiger partial charge in [-0.1, -0.05) is 30.0 Å².